The smallest absolute Gasteiger partial charge is 0.224 e. The molecule has 2 heterocycles. The molecule has 0 spiro atoms. The zero-order valence-corrected chi connectivity index (χ0v) is 16.5. The number of rotatable bonds is 7. The lowest BCUT2D eigenvalue weighted by molar-refractivity contribution is -0.117. The van der Waals surface area contributed by atoms with Gasteiger partial charge in [-0.15, -0.1) is 5.10 Å². The molecule has 1 amide bonds. The van der Waals surface area contributed by atoms with Crippen molar-refractivity contribution in [3.05, 3.63) is 24.0 Å². The van der Waals surface area contributed by atoms with Crippen LogP contribution in [0.2, 0.25) is 0 Å². The molecule has 1 aromatic carbocycles. The van der Waals surface area contributed by atoms with Crippen LogP contribution in [-0.4, -0.2) is 46.3 Å². The fourth-order valence-corrected chi connectivity index (χ4v) is 3.93. The number of ether oxygens (including phenoxy) is 1. The van der Waals surface area contributed by atoms with Gasteiger partial charge in [0, 0.05) is 18.0 Å². The highest BCUT2D eigenvalue weighted by Crippen LogP contribution is 2.40. The standard InChI is InChI=1S/C20H28N6O2/c1-13(15-4-3-9-21-12-15)10-19(27)22-16-7-8-18(28-2)17(11-16)26-20(14-5-6-14)23-24-25-26/h7-8,11,13-15,21H,3-6,9-10,12H2,1-2H3,(H,22,27). The Kier molecular flexibility index (Phi) is 5.57. The van der Waals surface area contributed by atoms with E-state index in [0.29, 0.717) is 29.9 Å². The summed E-state index contributed by atoms with van der Waals surface area (Å²) in [6, 6.07) is 5.58. The molecule has 8 heteroatoms. The number of carbonyl (C=O) groups excluding carboxylic acids is 1. The fourth-order valence-electron chi connectivity index (χ4n) is 3.93. The molecule has 1 aliphatic heterocycles. The van der Waals surface area contributed by atoms with Gasteiger partial charge in [-0.25, -0.2) is 0 Å². The van der Waals surface area contributed by atoms with Gasteiger partial charge in [0.25, 0.3) is 0 Å². The van der Waals surface area contributed by atoms with Crippen LogP contribution < -0.4 is 15.4 Å². The second kappa shape index (κ2) is 8.26. The minimum atomic E-state index is 0.0355. The van der Waals surface area contributed by atoms with E-state index in [4.69, 9.17) is 4.74 Å². The third-order valence-electron chi connectivity index (χ3n) is 5.77. The van der Waals surface area contributed by atoms with Gasteiger partial charge in [-0.3, -0.25) is 4.79 Å². The molecule has 2 N–H and O–H groups in total. The van der Waals surface area contributed by atoms with Crippen LogP contribution in [-0.2, 0) is 4.79 Å². The minimum Gasteiger partial charge on any atom is -0.494 e. The zero-order valence-electron chi connectivity index (χ0n) is 16.5. The molecule has 2 aromatic rings. The molecule has 8 nitrogen and oxygen atoms in total. The van der Waals surface area contributed by atoms with Crippen molar-refractivity contribution >= 4 is 11.6 Å². The van der Waals surface area contributed by atoms with E-state index >= 15 is 0 Å². The molecule has 0 radical (unpaired) electrons. The molecule has 2 atom stereocenters. The molecular weight excluding hydrogens is 356 g/mol. The van der Waals surface area contributed by atoms with Crippen LogP contribution in [0.15, 0.2) is 18.2 Å². The van der Waals surface area contributed by atoms with E-state index < -0.39 is 0 Å². The summed E-state index contributed by atoms with van der Waals surface area (Å²) < 4.78 is 7.22. The predicted octanol–water partition coefficient (Wildman–Crippen LogP) is 2.51. The maximum Gasteiger partial charge on any atom is 0.224 e. The molecule has 1 saturated carbocycles. The number of carbonyl (C=O) groups is 1. The van der Waals surface area contributed by atoms with Crippen molar-refractivity contribution in [2.45, 2.75) is 44.9 Å². The summed E-state index contributed by atoms with van der Waals surface area (Å²) in [7, 11) is 1.62. The molecule has 2 aliphatic rings. The second-order valence-electron chi connectivity index (χ2n) is 7.95. The van der Waals surface area contributed by atoms with Crippen molar-refractivity contribution in [3.8, 4) is 11.4 Å². The first-order valence-corrected chi connectivity index (χ1v) is 10.1. The summed E-state index contributed by atoms with van der Waals surface area (Å²) in [6.45, 7) is 4.26. The molecule has 1 aliphatic carbocycles. The molecule has 28 heavy (non-hydrogen) atoms. The molecule has 1 saturated heterocycles. The maximum atomic E-state index is 12.6. The third-order valence-corrected chi connectivity index (χ3v) is 5.77. The van der Waals surface area contributed by atoms with Gasteiger partial charge < -0.3 is 15.4 Å². The molecule has 2 unspecified atom stereocenters. The Morgan fingerprint density at radius 1 is 1.39 bits per heavy atom. The van der Waals surface area contributed by atoms with Crippen LogP contribution in [0.25, 0.3) is 5.69 Å². The Morgan fingerprint density at radius 2 is 2.25 bits per heavy atom. The Labute approximate surface area is 165 Å². The Bertz CT molecular complexity index is 826. The minimum absolute atomic E-state index is 0.0355. The molecule has 150 valence electrons. The van der Waals surface area contributed by atoms with Gasteiger partial charge in [-0.1, -0.05) is 6.92 Å². The number of nitrogens with one attached hydrogen (secondary N) is 2. The van der Waals surface area contributed by atoms with E-state index in [2.05, 4.69) is 33.1 Å². The number of anilines is 1. The lowest BCUT2D eigenvalue weighted by Gasteiger charge is -2.28. The lowest BCUT2D eigenvalue weighted by Crippen LogP contribution is -2.34. The van der Waals surface area contributed by atoms with Gasteiger partial charge in [0.05, 0.1) is 7.11 Å². The van der Waals surface area contributed by atoms with E-state index in [1.807, 2.05) is 18.2 Å². The normalized spacial score (nSPS) is 20.6. The topological polar surface area (TPSA) is 94.0 Å². The van der Waals surface area contributed by atoms with Gasteiger partial charge in [-0.2, -0.15) is 4.68 Å². The molecule has 4 rings (SSSR count). The van der Waals surface area contributed by atoms with Crippen molar-refractivity contribution in [3.63, 3.8) is 0 Å². The van der Waals surface area contributed by atoms with Gasteiger partial charge in [-0.05, 0) is 79.2 Å². The maximum absolute atomic E-state index is 12.6. The van der Waals surface area contributed by atoms with E-state index in [1.54, 1.807) is 11.8 Å². The number of hydrogen-bond donors (Lipinski definition) is 2. The number of aromatic nitrogens is 4. The summed E-state index contributed by atoms with van der Waals surface area (Å²) in [6.07, 6.45) is 5.11. The van der Waals surface area contributed by atoms with Gasteiger partial charge in [0.2, 0.25) is 5.91 Å². The van der Waals surface area contributed by atoms with Gasteiger partial charge in [0.1, 0.15) is 11.4 Å². The number of hydrogen-bond acceptors (Lipinski definition) is 6. The quantitative estimate of drug-likeness (QED) is 0.762. The van der Waals surface area contributed by atoms with Crippen molar-refractivity contribution in [2.24, 2.45) is 11.8 Å². The first-order valence-electron chi connectivity index (χ1n) is 10.1. The van der Waals surface area contributed by atoms with Crippen LogP contribution >= 0.6 is 0 Å². The Morgan fingerprint density at radius 3 is 2.96 bits per heavy atom. The SMILES string of the molecule is COc1ccc(NC(=O)CC(C)C2CCCNC2)cc1-n1nnnc1C1CC1. The van der Waals surface area contributed by atoms with E-state index in [0.717, 1.165) is 43.1 Å². The second-order valence-corrected chi connectivity index (χ2v) is 7.95. The Hall–Kier alpha value is -2.48. The van der Waals surface area contributed by atoms with E-state index in [9.17, 15) is 4.79 Å². The van der Waals surface area contributed by atoms with Gasteiger partial charge in [0.15, 0.2) is 5.82 Å². The monoisotopic (exact) mass is 384 g/mol. The van der Waals surface area contributed by atoms with Crippen LogP contribution in [0.5, 0.6) is 5.75 Å². The molecule has 0 bridgehead atoms. The number of methoxy groups -OCH3 is 1. The largest absolute Gasteiger partial charge is 0.494 e. The average Bonchev–Trinajstić information content (AvgIpc) is 3.45. The first kappa shape index (κ1) is 18.9. The average molecular weight is 384 g/mol. The number of tetrazole rings is 1. The van der Waals surface area contributed by atoms with E-state index in [1.165, 1.54) is 12.8 Å². The van der Waals surface area contributed by atoms with Crippen LogP contribution in [0, 0.1) is 11.8 Å². The number of benzene rings is 1. The number of piperidine rings is 1. The van der Waals surface area contributed by atoms with Crippen molar-refractivity contribution in [1.29, 1.82) is 0 Å². The highest BCUT2D eigenvalue weighted by Gasteiger charge is 2.31. The zero-order chi connectivity index (χ0) is 19.5. The number of amides is 1. The summed E-state index contributed by atoms with van der Waals surface area (Å²) >= 11 is 0. The van der Waals surface area contributed by atoms with Crippen molar-refractivity contribution in [1.82, 2.24) is 25.5 Å². The molecule has 2 fully saturated rings. The highest BCUT2D eigenvalue weighted by atomic mass is 16.5. The summed E-state index contributed by atoms with van der Waals surface area (Å²) in [5, 5.41) is 18.6. The molecular formula is C20H28N6O2. The lowest BCUT2D eigenvalue weighted by atomic mass is 9.85. The highest BCUT2D eigenvalue weighted by molar-refractivity contribution is 5.91. The van der Waals surface area contributed by atoms with Crippen LogP contribution in [0.4, 0.5) is 5.69 Å². The summed E-state index contributed by atoms with van der Waals surface area (Å²) in [5.41, 5.74) is 1.48. The summed E-state index contributed by atoms with van der Waals surface area (Å²) in [5.74, 6) is 2.88. The predicted molar refractivity (Wildman–Crippen MR) is 106 cm³/mol. The molecule has 1 aromatic heterocycles. The van der Waals surface area contributed by atoms with Crippen LogP contribution in [0.1, 0.15) is 50.8 Å². The van der Waals surface area contributed by atoms with Gasteiger partial charge >= 0.3 is 0 Å². The van der Waals surface area contributed by atoms with Crippen LogP contribution in [0.3, 0.4) is 0 Å². The van der Waals surface area contributed by atoms with E-state index in [-0.39, 0.29) is 5.91 Å². The fraction of sp³-hybridized carbons (Fsp3) is 0.600. The Balaban J connectivity index is 1.47. The number of nitrogens with zero attached hydrogens (tertiary/aromatic N) is 4. The third kappa shape index (κ3) is 4.16. The first-order chi connectivity index (χ1) is 13.7. The van der Waals surface area contributed by atoms with Crippen molar-refractivity contribution in [2.75, 3.05) is 25.5 Å². The van der Waals surface area contributed by atoms with Crippen molar-refractivity contribution < 1.29 is 9.53 Å². The summed E-state index contributed by atoms with van der Waals surface area (Å²) in [4.78, 5) is 12.6.